The minimum absolute atomic E-state index is 0. The van der Waals surface area contributed by atoms with Gasteiger partial charge in [0.1, 0.15) is 92.8 Å². The van der Waals surface area contributed by atoms with Crippen molar-refractivity contribution in [1.82, 2.24) is 0 Å². The van der Waals surface area contributed by atoms with E-state index < -0.39 is 0 Å². The largest absolute Gasteiger partial charge is 0.497 e. The van der Waals surface area contributed by atoms with Crippen LogP contribution in [0.15, 0.2) is 267 Å². The van der Waals surface area contributed by atoms with Gasteiger partial charge >= 0.3 is 0 Å². The van der Waals surface area contributed by atoms with Gasteiger partial charge in [-0.15, -0.1) is 6.42 Å². The minimum Gasteiger partial charge on any atom is -0.497 e. The predicted octanol–water partition coefficient (Wildman–Crippen LogP) is 26.0. The van der Waals surface area contributed by atoms with Crippen LogP contribution in [0.2, 0.25) is 0 Å². The Morgan fingerprint density at radius 1 is 0.294 bits per heavy atom. The molecule has 0 aromatic heterocycles. The van der Waals surface area contributed by atoms with Crippen molar-refractivity contribution in [2.24, 2.45) is 0 Å². The molecule has 0 spiro atoms. The fourth-order valence-corrected chi connectivity index (χ4v) is 18.3. The summed E-state index contributed by atoms with van der Waals surface area (Å²) in [4.78, 5) is 0. The van der Waals surface area contributed by atoms with E-state index in [-0.39, 0.29) is 25.2 Å². The normalized spacial score (nSPS) is 13.4. The SMILES string of the molecule is C.C#CCOC.COC.COc1ccc2ccc(OC)c(C3c4cc(I)cc(I)c4Oc4ccc5ccc(OC)cc5c43)c2c1.COc1ccc2ccc(OC)c(C3c4ccc(-c5ccccc5)cc4Oc4ccc5ccc(OC)cc5c43)c2c1.COc1ccc2ccc(OC)c(C3c4ccccc4Oc4ccc5ccc(OC)cc5c43)c2c1. The molecule has 0 fully saturated rings. The Hall–Kier alpha value is -12.4. The lowest BCUT2D eigenvalue weighted by Gasteiger charge is -2.32. The summed E-state index contributed by atoms with van der Waals surface area (Å²) in [5.41, 5.74) is 12.1. The van der Waals surface area contributed by atoms with Crippen LogP contribution in [0.4, 0.5) is 0 Å². The van der Waals surface area contributed by atoms with Crippen LogP contribution in [-0.4, -0.2) is 91.9 Å². The predicted molar refractivity (Wildman–Crippen MR) is 496 cm³/mol. The maximum absolute atomic E-state index is 6.70. The Bertz CT molecular complexity index is 6480. The van der Waals surface area contributed by atoms with Crippen LogP contribution in [0.5, 0.6) is 86.2 Å². The maximum atomic E-state index is 6.70. The first kappa shape index (κ1) is 83.1. The Balaban J connectivity index is 0.000000140. The Morgan fingerprint density at radius 2 is 0.622 bits per heavy atom. The van der Waals surface area contributed by atoms with Gasteiger partial charge in [-0.05, 0) is 254 Å². The van der Waals surface area contributed by atoms with E-state index in [0.29, 0.717) is 6.61 Å². The molecule has 600 valence electrons. The molecule has 3 atom stereocenters. The number of fused-ring (bicyclic) bond motifs is 15. The molecule has 3 aliphatic heterocycles. The van der Waals surface area contributed by atoms with Gasteiger partial charge in [-0.1, -0.05) is 147 Å². The number of halogens is 2. The van der Waals surface area contributed by atoms with Gasteiger partial charge in [0.25, 0.3) is 0 Å². The topological polar surface area (TPSA) is 129 Å². The van der Waals surface area contributed by atoms with Gasteiger partial charge in [-0.25, -0.2) is 0 Å². The number of terminal acetylenes is 1. The third kappa shape index (κ3) is 16.3. The number of methoxy groups -OCH3 is 11. The summed E-state index contributed by atoms with van der Waals surface area (Å²) in [6.45, 7) is 0.417. The molecule has 16 heteroatoms. The third-order valence-electron chi connectivity index (χ3n) is 21.7. The molecule has 19 rings (SSSR count). The number of rotatable bonds is 14. The second kappa shape index (κ2) is 37.1. The maximum Gasteiger partial charge on any atom is 0.144 e. The molecule has 0 saturated carbocycles. The summed E-state index contributed by atoms with van der Waals surface area (Å²) in [6.07, 6.45) is 4.76. The zero-order valence-electron chi connectivity index (χ0n) is 67.4. The highest BCUT2D eigenvalue weighted by atomic mass is 127. The summed E-state index contributed by atoms with van der Waals surface area (Å²) in [5, 5.41) is 13.3. The zero-order valence-corrected chi connectivity index (χ0v) is 71.7. The molecule has 0 radical (unpaired) electrons. The van der Waals surface area contributed by atoms with Crippen molar-refractivity contribution in [3.63, 3.8) is 0 Å². The Morgan fingerprint density at radius 3 is 0.983 bits per heavy atom. The first-order valence-electron chi connectivity index (χ1n) is 38.1. The lowest BCUT2D eigenvalue weighted by atomic mass is 9.78. The standard InChI is InChI=1S/C36H28O4.C30H22I2O4.C30H24O4.C4H6O.C2H6O.CH4/c1-37-26-14-9-23-12-17-31(39-3)34(29(23)20-26)36-28-16-11-25(22-7-5-4-6-8-22)19-33(28)40-32-18-13-24-10-15-27(38-2)21-30(24)35(32)36;1-33-19-8-4-16-6-10-25(35-3)27(21(16)14-19)29-23-12-18(31)13-24(32)30(23)36-26-11-7-17-5-9-20(34-2)15-22(17)28(26)29;1-31-20-12-8-18-10-14-26(33-3)28(23(18)16-20)30-22-6-4-5-7-25(22)34-27-15-11-19-9-13-21(32-2)17-24(19)29(27)30;1-3-4-5-2;1-3-2;/h4-21,36H,1-3H3;4-15,29H,1-3H3;4-17,30H,1-3H3;1H,4H2,2H3;1-2H3;1H4. The van der Waals surface area contributed by atoms with Crippen molar-refractivity contribution in [3.05, 3.63) is 324 Å². The van der Waals surface area contributed by atoms with Crippen LogP contribution in [0.25, 0.3) is 75.8 Å². The van der Waals surface area contributed by atoms with Crippen molar-refractivity contribution in [3.8, 4) is 110 Å². The third-order valence-corrected chi connectivity index (χ3v) is 23.1. The van der Waals surface area contributed by atoms with Crippen LogP contribution in [0, 0.1) is 19.5 Å². The highest BCUT2D eigenvalue weighted by molar-refractivity contribution is 14.1. The van der Waals surface area contributed by atoms with Crippen LogP contribution in [0.3, 0.4) is 0 Å². The molecular formula is C103H90I2O14. The molecule has 0 amide bonds. The number of hydrogen-bond donors (Lipinski definition) is 0. The van der Waals surface area contributed by atoms with E-state index in [2.05, 4.69) is 267 Å². The van der Waals surface area contributed by atoms with E-state index in [1.165, 1.54) is 0 Å². The average molecular weight is 1810 g/mol. The van der Waals surface area contributed by atoms with E-state index in [0.717, 1.165) is 219 Å². The van der Waals surface area contributed by atoms with Gasteiger partial charge < -0.3 is 66.3 Å². The van der Waals surface area contributed by atoms with Crippen LogP contribution in [0.1, 0.15) is 75.3 Å². The lowest BCUT2D eigenvalue weighted by molar-refractivity contribution is 0.240. The number of para-hydroxylation sites is 1. The molecule has 0 saturated heterocycles. The van der Waals surface area contributed by atoms with Crippen LogP contribution < -0.4 is 56.8 Å². The van der Waals surface area contributed by atoms with Crippen molar-refractivity contribution in [2.45, 2.75) is 25.2 Å². The fraction of sp³-hybridized carbons (Fsp3) is 0.165. The number of hydrogen-bond acceptors (Lipinski definition) is 14. The number of ether oxygens (including phenoxy) is 14. The molecule has 0 aliphatic carbocycles. The van der Waals surface area contributed by atoms with Crippen molar-refractivity contribution < 1.29 is 66.3 Å². The van der Waals surface area contributed by atoms with E-state index in [9.17, 15) is 0 Å². The molecular weight excluding hydrogens is 1710 g/mol. The second-order valence-electron chi connectivity index (χ2n) is 28.1. The molecule has 3 unspecified atom stereocenters. The molecule has 3 aliphatic rings. The molecule has 16 aromatic carbocycles. The summed E-state index contributed by atoms with van der Waals surface area (Å²) < 4.78 is 82.5. The van der Waals surface area contributed by atoms with Gasteiger partial charge in [0.05, 0.1) is 67.6 Å². The Kier molecular flexibility index (Phi) is 25.9. The van der Waals surface area contributed by atoms with E-state index in [4.69, 9.17) is 63.3 Å². The quantitative estimate of drug-likeness (QED) is 0.0756. The zero-order chi connectivity index (χ0) is 82.3. The van der Waals surface area contributed by atoms with Gasteiger partial charge in [0.2, 0.25) is 0 Å². The van der Waals surface area contributed by atoms with Crippen molar-refractivity contribution in [2.75, 3.05) is 91.9 Å². The van der Waals surface area contributed by atoms with Crippen LogP contribution in [-0.2, 0) is 9.47 Å². The van der Waals surface area contributed by atoms with E-state index in [1.54, 1.807) is 85.3 Å². The first-order chi connectivity index (χ1) is 57.7. The summed E-state index contributed by atoms with van der Waals surface area (Å²) in [6, 6.07) is 91.7. The highest BCUT2D eigenvalue weighted by Crippen LogP contribution is 2.59. The monoisotopic (exact) mass is 1800 g/mol. The molecule has 16 aromatic rings. The van der Waals surface area contributed by atoms with E-state index in [1.807, 2.05) is 60.7 Å². The Labute approximate surface area is 721 Å². The van der Waals surface area contributed by atoms with Crippen molar-refractivity contribution in [1.29, 1.82) is 0 Å². The first-order valence-corrected chi connectivity index (χ1v) is 40.3. The highest BCUT2D eigenvalue weighted by Gasteiger charge is 2.39. The average Bonchev–Trinajstić information content (AvgIpc) is 0.726. The van der Waals surface area contributed by atoms with Crippen molar-refractivity contribution >= 4 is 110 Å². The minimum atomic E-state index is -0.162. The molecule has 14 nitrogen and oxygen atoms in total. The van der Waals surface area contributed by atoms with Crippen LogP contribution >= 0.6 is 45.2 Å². The number of benzene rings is 16. The summed E-state index contributed by atoms with van der Waals surface area (Å²) in [7, 11) is 20.2. The lowest BCUT2D eigenvalue weighted by Crippen LogP contribution is -2.15. The second-order valence-corrected chi connectivity index (χ2v) is 30.5. The molecule has 119 heavy (non-hydrogen) atoms. The summed E-state index contributed by atoms with van der Waals surface area (Å²) >= 11 is 4.76. The fourth-order valence-electron chi connectivity index (χ4n) is 16.3. The molecule has 0 N–H and O–H groups in total. The van der Waals surface area contributed by atoms with Gasteiger partial charge in [0.15, 0.2) is 0 Å². The van der Waals surface area contributed by atoms with Gasteiger partial charge in [-0.3, -0.25) is 0 Å². The summed E-state index contributed by atoms with van der Waals surface area (Å²) in [5.74, 6) is 14.3. The molecule has 3 heterocycles. The van der Waals surface area contributed by atoms with E-state index >= 15 is 0 Å². The molecule has 0 bridgehead atoms. The van der Waals surface area contributed by atoms with Gasteiger partial charge in [0, 0.05) is 92.7 Å². The van der Waals surface area contributed by atoms with Gasteiger partial charge in [-0.2, -0.15) is 0 Å². The smallest absolute Gasteiger partial charge is 0.144 e.